The Hall–Kier alpha value is -3.13. The Morgan fingerprint density at radius 1 is 0.902 bits per heavy atom. The third-order valence-corrected chi connectivity index (χ3v) is 8.17. The van der Waals surface area contributed by atoms with Gasteiger partial charge < -0.3 is 20.8 Å². The van der Waals surface area contributed by atoms with E-state index in [0.29, 0.717) is 11.1 Å². The predicted octanol–water partition coefficient (Wildman–Crippen LogP) is 5.83. The van der Waals surface area contributed by atoms with Crippen LogP contribution in [0.4, 0.5) is 8.78 Å². The summed E-state index contributed by atoms with van der Waals surface area (Å²) in [7, 11) is 0. The number of carbonyl (C=O) groups is 1. The molecule has 0 bridgehead atoms. The van der Waals surface area contributed by atoms with Gasteiger partial charge in [0.05, 0.1) is 12.1 Å². The van der Waals surface area contributed by atoms with E-state index in [2.05, 4.69) is 55.7 Å². The van der Waals surface area contributed by atoms with Crippen LogP contribution in [0.1, 0.15) is 81.2 Å². The maximum atomic E-state index is 14.0. The molecule has 1 aliphatic rings. The van der Waals surface area contributed by atoms with Gasteiger partial charge in [0.15, 0.2) is 6.10 Å². The molecule has 0 aliphatic heterocycles. The third kappa shape index (κ3) is 8.00. The van der Waals surface area contributed by atoms with Crippen molar-refractivity contribution in [1.29, 1.82) is 0 Å². The molecule has 4 N–H and O–H groups in total. The van der Waals surface area contributed by atoms with Crippen LogP contribution in [-0.2, 0) is 22.2 Å². The van der Waals surface area contributed by atoms with Crippen molar-refractivity contribution in [1.82, 2.24) is 10.6 Å². The van der Waals surface area contributed by atoms with Crippen molar-refractivity contribution >= 4 is 5.91 Å². The van der Waals surface area contributed by atoms with Gasteiger partial charge in [0.1, 0.15) is 11.6 Å². The average molecular weight is 565 g/mol. The van der Waals surface area contributed by atoms with E-state index in [1.807, 2.05) is 0 Å². The molecule has 3 aromatic rings. The van der Waals surface area contributed by atoms with Gasteiger partial charge >= 0.3 is 0 Å². The Morgan fingerprint density at radius 3 is 2.20 bits per heavy atom. The minimum atomic E-state index is -1.45. The van der Waals surface area contributed by atoms with Crippen molar-refractivity contribution in [2.45, 2.75) is 88.5 Å². The van der Waals surface area contributed by atoms with Crippen molar-refractivity contribution in [3.8, 4) is 0 Å². The molecule has 3 aromatic carbocycles. The molecule has 1 aliphatic carbocycles. The van der Waals surface area contributed by atoms with Crippen molar-refractivity contribution < 1.29 is 23.8 Å². The number of halogens is 2. The Morgan fingerprint density at radius 2 is 1.56 bits per heavy atom. The molecule has 3 atom stereocenters. The number of amides is 1. The van der Waals surface area contributed by atoms with Gasteiger partial charge in [-0.05, 0) is 59.1 Å². The van der Waals surface area contributed by atoms with Gasteiger partial charge in [-0.25, -0.2) is 8.78 Å². The topological polar surface area (TPSA) is 81.6 Å². The molecule has 0 aromatic heterocycles. The highest BCUT2D eigenvalue weighted by Crippen LogP contribution is 2.38. The molecule has 0 spiro atoms. The Labute approximate surface area is 242 Å². The minimum absolute atomic E-state index is 0.0133. The van der Waals surface area contributed by atoms with Crippen LogP contribution in [0.2, 0.25) is 0 Å². The number of nitrogens with one attached hydrogen (secondary N) is 2. The zero-order chi connectivity index (χ0) is 29.6. The highest BCUT2D eigenvalue weighted by Gasteiger charge is 2.36. The minimum Gasteiger partial charge on any atom is -0.390 e. The highest BCUT2D eigenvalue weighted by atomic mass is 19.1. The van der Waals surface area contributed by atoms with Crippen LogP contribution in [0, 0.1) is 11.6 Å². The number of rotatable bonds is 10. The molecule has 41 heavy (non-hydrogen) atoms. The van der Waals surface area contributed by atoms with Gasteiger partial charge in [-0.1, -0.05) is 94.6 Å². The monoisotopic (exact) mass is 564 g/mol. The van der Waals surface area contributed by atoms with Crippen LogP contribution in [-0.4, -0.2) is 34.8 Å². The van der Waals surface area contributed by atoms with E-state index in [0.717, 1.165) is 38.2 Å². The summed E-state index contributed by atoms with van der Waals surface area (Å²) in [6.45, 7) is 6.69. The first-order chi connectivity index (χ1) is 19.5. The maximum absolute atomic E-state index is 14.0. The highest BCUT2D eigenvalue weighted by molar-refractivity contribution is 5.82. The first kappa shape index (κ1) is 30.8. The summed E-state index contributed by atoms with van der Waals surface area (Å²) in [6.07, 6.45) is 2.50. The fraction of sp³-hybridized carbons (Fsp3) is 0.441. The van der Waals surface area contributed by atoms with E-state index in [-0.39, 0.29) is 23.9 Å². The number of carbonyl (C=O) groups excluding carboxylic acids is 1. The Kier molecular flexibility index (Phi) is 9.95. The zero-order valence-electron chi connectivity index (χ0n) is 24.2. The Balaban J connectivity index is 1.57. The lowest BCUT2D eigenvalue weighted by molar-refractivity contribution is -0.131. The lowest BCUT2D eigenvalue weighted by Gasteiger charge is -2.41. The van der Waals surface area contributed by atoms with E-state index in [1.54, 1.807) is 30.3 Å². The van der Waals surface area contributed by atoms with Crippen molar-refractivity contribution in [3.63, 3.8) is 0 Å². The molecule has 5 nitrogen and oxygen atoms in total. The first-order valence-electron chi connectivity index (χ1n) is 14.5. The van der Waals surface area contributed by atoms with Gasteiger partial charge in [-0.3, -0.25) is 4.79 Å². The molecule has 220 valence electrons. The number of aliphatic hydroxyl groups excluding tert-OH is 2. The van der Waals surface area contributed by atoms with E-state index in [9.17, 15) is 23.8 Å². The average Bonchev–Trinajstić information content (AvgIpc) is 2.95. The second-order valence-corrected chi connectivity index (χ2v) is 12.3. The van der Waals surface area contributed by atoms with E-state index in [4.69, 9.17) is 0 Å². The van der Waals surface area contributed by atoms with Gasteiger partial charge in [0, 0.05) is 18.2 Å². The quantitative estimate of drug-likeness (QED) is 0.250. The normalized spacial score (nSPS) is 17.4. The summed E-state index contributed by atoms with van der Waals surface area (Å²) in [5, 5.41) is 28.5. The van der Waals surface area contributed by atoms with Crippen molar-refractivity contribution in [2.24, 2.45) is 0 Å². The molecule has 4 rings (SSSR count). The molecule has 1 amide bonds. The van der Waals surface area contributed by atoms with Crippen LogP contribution < -0.4 is 10.6 Å². The zero-order valence-corrected chi connectivity index (χ0v) is 24.2. The summed E-state index contributed by atoms with van der Waals surface area (Å²) in [5.74, 6) is -2.16. The van der Waals surface area contributed by atoms with E-state index >= 15 is 0 Å². The van der Waals surface area contributed by atoms with E-state index < -0.39 is 35.8 Å². The van der Waals surface area contributed by atoms with Gasteiger partial charge in [-0.15, -0.1) is 0 Å². The van der Waals surface area contributed by atoms with Gasteiger partial charge in [0.2, 0.25) is 0 Å². The number of aliphatic hydroxyl groups is 2. The molecule has 0 saturated heterocycles. The molecule has 3 unspecified atom stereocenters. The van der Waals surface area contributed by atoms with Crippen LogP contribution in [0.15, 0.2) is 72.8 Å². The molecule has 1 fully saturated rings. The molecular formula is C34H42F2N2O3. The van der Waals surface area contributed by atoms with Gasteiger partial charge in [0.25, 0.3) is 5.91 Å². The second kappa shape index (κ2) is 13.2. The Bertz CT molecular complexity index is 1280. The van der Waals surface area contributed by atoms with Crippen LogP contribution in [0.25, 0.3) is 0 Å². The summed E-state index contributed by atoms with van der Waals surface area (Å²) in [6, 6.07) is 19.3. The van der Waals surface area contributed by atoms with Crippen LogP contribution in [0.5, 0.6) is 0 Å². The van der Waals surface area contributed by atoms with Crippen LogP contribution in [0.3, 0.4) is 0 Å². The molecule has 1 saturated carbocycles. The van der Waals surface area contributed by atoms with Crippen molar-refractivity contribution in [3.05, 3.63) is 107 Å². The SMILES string of the molecule is CC(C)(C)c1cccc(C2(NCC(O)C(Cc3cc(F)cc(F)c3)NC(=O)C(O)c3ccccc3)CCCCC2)c1. The number of benzene rings is 3. The number of hydrogen-bond donors (Lipinski definition) is 4. The smallest absolute Gasteiger partial charge is 0.253 e. The summed E-state index contributed by atoms with van der Waals surface area (Å²) >= 11 is 0. The fourth-order valence-corrected chi connectivity index (χ4v) is 5.76. The van der Waals surface area contributed by atoms with Gasteiger partial charge in [-0.2, -0.15) is 0 Å². The first-order valence-corrected chi connectivity index (χ1v) is 14.5. The lowest BCUT2D eigenvalue weighted by Crippen LogP contribution is -2.54. The van der Waals surface area contributed by atoms with E-state index in [1.165, 1.54) is 23.3 Å². The molecule has 7 heteroatoms. The van der Waals surface area contributed by atoms with Crippen molar-refractivity contribution in [2.75, 3.05) is 6.54 Å². The maximum Gasteiger partial charge on any atom is 0.253 e. The molecular weight excluding hydrogens is 522 g/mol. The molecule has 0 heterocycles. The summed E-state index contributed by atoms with van der Waals surface area (Å²) in [4.78, 5) is 13.1. The lowest BCUT2D eigenvalue weighted by atomic mass is 9.74. The molecule has 0 radical (unpaired) electrons. The van der Waals surface area contributed by atoms with Crippen LogP contribution >= 0.6 is 0 Å². The fourth-order valence-electron chi connectivity index (χ4n) is 5.76. The third-order valence-electron chi connectivity index (χ3n) is 8.17. The summed E-state index contributed by atoms with van der Waals surface area (Å²) < 4.78 is 28.0. The second-order valence-electron chi connectivity index (χ2n) is 12.3. The standard InChI is InChI=1S/C34H42F2N2O3/c1-33(2,3)25-13-10-14-26(20-25)34(15-8-5-9-16-34)37-22-30(39)29(19-23-17-27(35)21-28(36)18-23)38-32(41)31(40)24-11-6-4-7-12-24/h4,6-7,10-14,17-18,20-21,29-31,37,39-40H,5,8-9,15-16,19,22H2,1-3H3,(H,38,41). The largest absolute Gasteiger partial charge is 0.390 e. The number of hydrogen-bond acceptors (Lipinski definition) is 4. The summed E-state index contributed by atoms with van der Waals surface area (Å²) in [5.41, 5.74) is 2.75. The predicted molar refractivity (Wildman–Crippen MR) is 157 cm³/mol.